The van der Waals surface area contributed by atoms with E-state index < -0.39 is 97.5 Å². The molecule has 0 rings (SSSR count). The Morgan fingerprint density at radius 2 is 0.474 bits per heavy atom. The van der Waals surface area contributed by atoms with Gasteiger partial charge in [0.25, 0.3) is 0 Å². The highest BCUT2D eigenvalue weighted by atomic mass is 31.2. The van der Waals surface area contributed by atoms with Gasteiger partial charge in [0.2, 0.25) is 0 Å². The van der Waals surface area contributed by atoms with Crippen LogP contribution in [0, 0.1) is 11.8 Å². The predicted octanol–water partition coefficient (Wildman–Crippen LogP) is 23.1. The minimum atomic E-state index is -4.96. The molecule has 0 bridgehead atoms. The highest BCUT2D eigenvalue weighted by Crippen LogP contribution is 2.45. The number of carbonyl (C=O) groups is 4. The van der Waals surface area contributed by atoms with Crippen LogP contribution in [0.25, 0.3) is 0 Å². The summed E-state index contributed by atoms with van der Waals surface area (Å²) >= 11 is 0. The van der Waals surface area contributed by atoms with E-state index in [1.807, 2.05) is 0 Å². The Morgan fingerprint density at radius 1 is 0.278 bits per heavy atom. The monoisotopic (exact) mass is 1420 g/mol. The normalized spacial score (nSPS) is 14.0. The summed E-state index contributed by atoms with van der Waals surface area (Å²) in [5.74, 6) is -0.607. The fraction of sp³-hybridized carbons (Fsp3) is 0.949. The average Bonchev–Trinajstić information content (AvgIpc) is 1.01. The van der Waals surface area contributed by atoms with Crippen LogP contribution in [0.5, 0.6) is 0 Å². The molecule has 17 nitrogen and oxygen atoms in total. The number of hydrogen-bond donors (Lipinski definition) is 3. The Bertz CT molecular complexity index is 1870. The molecule has 0 aromatic heterocycles. The molecule has 0 aliphatic carbocycles. The molecule has 0 spiro atoms. The van der Waals surface area contributed by atoms with E-state index in [9.17, 15) is 43.2 Å². The summed E-state index contributed by atoms with van der Waals surface area (Å²) in [5.41, 5.74) is 0. The quantitative estimate of drug-likeness (QED) is 0.0222. The highest BCUT2D eigenvalue weighted by molar-refractivity contribution is 7.47. The number of phosphoric acid groups is 2. The van der Waals surface area contributed by atoms with Gasteiger partial charge in [-0.3, -0.25) is 37.3 Å². The zero-order valence-electron chi connectivity index (χ0n) is 63.4. The smallest absolute Gasteiger partial charge is 0.462 e. The van der Waals surface area contributed by atoms with Gasteiger partial charge in [-0.25, -0.2) is 9.13 Å². The summed E-state index contributed by atoms with van der Waals surface area (Å²) in [4.78, 5) is 72.8. The molecular formula is C78H152O17P2. The third kappa shape index (κ3) is 72.2. The standard InChI is InChI=1S/C78H152O17P2/c1-7-9-11-13-15-17-19-20-21-22-23-24-25-26-27-28-31-38-44-50-56-62-77(82)94-73(67-89-76(81)61-55-49-43-37-32-29-30-34-40-46-52-58-70(3)4)68-92-96(84,85)90-64-72(79)65-91-97(86,87)93-69-74(66-88-75(80)60-54-48-42-36-18-16-14-12-10-8-2)95-78(83)63-57-51-45-39-33-35-41-47-53-59-71(5)6/h70-74,79H,7-69H2,1-6H3,(H,84,85)(H,86,87)/t72-,73-,74-/m1/s1. The summed E-state index contributed by atoms with van der Waals surface area (Å²) in [7, 11) is -9.91. The third-order valence-electron chi connectivity index (χ3n) is 18.2. The molecule has 0 aromatic carbocycles. The van der Waals surface area contributed by atoms with Gasteiger partial charge in [0.05, 0.1) is 26.4 Å². The SMILES string of the molecule is CCCCCCCCCCCCCCCCCCCCCCCC(=O)O[C@H](COC(=O)CCCCCCCCCCCCCC(C)C)COP(=O)(O)OC[C@@H](O)COP(=O)(O)OC[C@@H](COC(=O)CCCCCCCCCCCC)OC(=O)CCCCCCCCCCCC(C)C. The number of phosphoric ester groups is 2. The first kappa shape index (κ1) is 95.1. The topological polar surface area (TPSA) is 237 Å². The molecular weight excluding hydrogens is 1270 g/mol. The van der Waals surface area contributed by atoms with Crippen LogP contribution in [0.15, 0.2) is 0 Å². The number of rotatable bonds is 77. The van der Waals surface area contributed by atoms with Gasteiger partial charge in [0, 0.05) is 25.7 Å². The molecule has 97 heavy (non-hydrogen) atoms. The van der Waals surface area contributed by atoms with Gasteiger partial charge in [0.1, 0.15) is 19.3 Å². The Balaban J connectivity index is 5.21. The van der Waals surface area contributed by atoms with E-state index in [-0.39, 0.29) is 25.7 Å². The van der Waals surface area contributed by atoms with Crippen molar-refractivity contribution in [2.75, 3.05) is 39.6 Å². The van der Waals surface area contributed by atoms with Crippen molar-refractivity contribution in [2.45, 2.75) is 426 Å². The lowest BCUT2D eigenvalue weighted by molar-refractivity contribution is -0.161. The van der Waals surface area contributed by atoms with Gasteiger partial charge in [0.15, 0.2) is 12.2 Å². The van der Waals surface area contributed by atoms with Crippen molar-refractivity contribution >= 4 is 39.5 Å². The predicted molar refractivity (Wildman–Crippen MR) is 395 cm³/mol. The van der Waals surface area contributed by atoms with E-state index in [1.165, 1.54) is 225 Å². The minimum Gasteiger partial charge on any atom is -0.462 e. The molecule has 0 amide bonds. The van der Waals surface area contributed by atoms with Crippen molar-refractivity contribution in [3.05, 3.63) is 0 Å². The number of hydrogen-bond acceptors (Lipinski definition) is 15. The average molecular weight is 1420 g/mol. The lowest BCUT2D eigenvalue weighted by Crippen LogP contribution is -2.30. The Labute approximate surface area is 594 Å². The van der Waals surface area contributed by atoms with Crippen LogP contribution >= 0.6 is 15.6 Å². The van der Waals surface area contributed by atoms with Crippen molar-refractivity contribution in [2.24, 2.45) is 11.8 Å². The van der Waals surface area contributed by atoms with Crippen LogP contribution in [0.4, 0.5) is 0 Å². The van der Waals surface area contributed by atoms with Crippen LogP contribution in [0.1, 0.15) is 408 Å². The summed E-state index contributed by atoms with van der Waals surface area (Å²) < 4.78 is 68.6. The summed E-state index contributed by atoms with van der Waals surface area (Å²) in [6, 6.07) is 0. The van der Waals surface area contributed by atoms with E-state index in [4.69, 9.17) is 37.0 Å². The zero-order chi connectivity index (χ0) is 71.4. The summed E-state index contributed by atoms with van der Waals surface area (Å²) in [5, 5.41) is 10.6. The molecule has 576 valence electrons. The van der Waals surface area contributed by atoms with Gasteiger partial charge in [-0.2, -0.15) is 0 Å². The number of aliphatic hydroxyl groups is 1. The molecule has 0 heterocycles. The second-order valence-electron chi connectivity index (χ2n) is 29.1. The van der Waals surface area contributed by atoms with Crippen LogP contribution in [0.2, 0.25) is 0 Å². The van der Waals surface area contributed by atoms with Gasteiger partial charge in [-0.1, -0.05) is 356 Å². The maximum Gasteiger partial charge on any atom is 0.472 e. The Morgan fingerprint density at radius 3 is 0.701 bits per heavy atom. The van der Waals surface area contributed by atoms with E-state index in [0.717, 1.165) is 102 Å². The van der Waals surface area contributed by atoms with E-state index in [2.05, 4.69) is 41.5 Å². The van der Waals surface area contributed by atoms with Gasteiger partial charge >= 0.3 is 39.5 Å². The zero-order valence-corrected chi connectivity index (χ0v) is 65.2. The first-order chi connectivity index (χ1) is 46.9. The van der Waals surface area contributed by atoms with Crippen molar-refractivity contribution in [1.29, 1.82) is 0 Å². The first-order valence-corrected chi connectivity index (χ1v) is 43.5. The molecule has 2 unspecified atom stereocenters. The van der Waals surface area contributed by atoms with Crippen molar-refractivity contribution in [3.8, 4) is 0 Å². The van der Waals surface area contributed by atoms with Gasteiger partial charge in [-0.15, -0.1) is 0 Å². The van der Waals surface area contributed by atoms with Crippen LogP contribution in [0.3, 0.4) is 0 Å². The minimum absolute atomic E-state index is 0.106. The van der Waals surface area contributed by atoms with Crippen molar-refractivity contribution in [3.63, 3.8) is 0 Å². The van der Waals surface area contributed by atoms with Gasteiger partial charge < -0.3 is 33.8 Å². The third-order valence-corrected chi connectivity index (χ3v) is 20.1. The van der Waals surface area contributed by atoms with Crippen LogP contribution in [-0.4, -0.2) is 96.7 Å². The summed E-state index contributed by atoms with van der Waals surface area (Å²) in [6.45, 7) is 9.58. The lowest BCUT2D eigenvalue weighted by atomic mass is 10.0. The molecule has 0 aliphatic heterocycles. The van der Waals surface area contributed by atoms with Crippen LogP contribution in [-0.2, 0) is 65.4 Å². The number of unbranched alkanes of at least 4 members (excludes halogenated alkanes) is 47. The Hall–Kier alpha value is -1.94. The number of aliphatic hydroxyl groups excluding tert-OH is 1. The molecule has 5 atom stereocenters. The van der Waals surface area contributed by atoms with Gasteiger partial charge in [-0.05, 0) is 37.5 Å². The molecule has 0 fully saturated rings. The van der Waals surface area contributed by atoms with Crippen molar-refractivity contribution < 1.29 is 80.2 Å². The first-order valence-electron chi connectivity index (χ1n) is 40.5. The summed E-state index contributed by atoms with van der Waals surface area (Å²) in [6.07, 6.45) is 58.4. The second kappa shape index (κ2) is 69.8. The van der Waals surface area contributed by atoms with Crippen molar-refractivity contribution in [1.82, 2.24) is 0 Å². The molecule has 0 aromatic rings. The molecule has 0 aliphatic rings. The fourth-order valence-corrected chi connectivity index (χ4v) is 13.6. The number of ether oxygens (including phenoxy) is 4. The largest absolute Gasteiger partial charge is 0.472 e. The molecule has 0 saturated carbocycles. The number of esters is 4. The molecule has 3 N–H and O–H groups in total. The number of carbonyl (C=O) groups excluding carboxylic acids is 4. The Kier molecular flexibility index (Phi) is 68.4. The fourth-order valence-electron chi connectivity index (χ4n) is 12.0. The highest BCUT2D eigenvalue weighted by Gasteiger charge is 2.30. The van der Waals surface area contributed by atoms with E-state index in [1.54, 1.807) is 0 Å². The second-order valence-corrected chi connectivity index (χ2v) is 32.0. The molecule has 0 saturated heterocycles. The molecule has 0 radical (unpaired) electrons. The molecule has 19 heteroatoms. The van der Waals surface area contributed by atoms with Crippen LogP contribution < -0.4 is 0 Å². The maximum absolute atomic E-state index is 13.1. The lowest BCUT2D eigenvalue weighted by Gasteiger charge is -2.21. The van der Waals surface area contributed by atoms with E-state index in [0.29, 0.717) is 25.7 Å². The maximum atomic E-state index is 13.1. The van der Waals surface area contributed by atoms with E-state index >= 15 is 0 Å².